The summed E-state index contributed by atoms with van der Waals surface area (Å²) in [5.74, 6) is -1.28. The number of hydrogen-bond acceptors (Lipinski definition) is 2. The SMILES string of the molecule is O=C(N[C@@H]1c2cc(F)ccc2C[C@@H]1O)c1ccc(F)cc1. The molecular formula is C16H13F2NO2. The first-order valence-corrected chi connectivity index (χ1v) is 6.57. The van der Waals surface area contributed by atoms with E-state index in [1.165, 1.54) is 36.4 Å². The lowest BCUT2D eigenvalue weighted by atomic mass is 10.1. The van der Waals surface area contributed by atoms with Crippen LogP contribution in [0.25, 0.3) is 0 Å². The van der Waals surface area contributed by atoms with Crippen LogP contribution in [0, 0.1) is 11.6 Å². The highest BCUT2D eigenvalue weighted by atomic mass is 19.1. The number of halogens is 2. The highest BCUT2D eigenvalue weighted by Gasteiger charge is 2.32. The smallest absolute Gasteiger partial charge is 0.251 e. The maximum absolute atomic E-state index is 13.3. The summed E-state index contributed by atoms with van der Waals surface area (Å²) in [5.41, 5.74) is 1.68. The molecule has 1 amide bonds. The second-order valence-corrected chi connectivity index (χ2v) is 5.07. The number of carbonyl (C=O) groups is 1. The van der Waals surface area contributed by atoms with Gasteiger partial charge in [0, 0.05) is 12.0 Å². The Morgan fingerprint density at radius 3 is 2.48 bits per heavy atom. The maximum Gasteiger partial charge on any atom is 0.251 e. The summed E-state index contributed by atoms with van der Waals surface area (Å²) >= 11 is 0. The van der Waals surface area contributed by atoms with Crippen molar-refractivity contribution in [3.8, 4) is 0 Å². The number of aliphatic hydroxyl groups excluding tert-OH is 1. The predicted molar refractivity (Wildman–Crippen MR) is 72.7 cm³/mol. The molecule has 1 aliphatic rings. The van der Waals surface area contributed by atoms with Gasteiger partial charge >= 0.3 is 0 Å². The van der Waals surface area contributed by atoms with Gasteiger partial charge in [0.05, 0.1) is 12.1 Å². The molecule has 0 unspecified atom stereocenters. The van der Waals surface area contributed by atoms with Crippen molar-refractivity contribution >= 4 is 5.91 Å². The Balaban J connectivity index is 1.83. The Morgan fingerprint density at radius 2 is 1.76 bits per heavy atom. The van der Waals surface area contributed by atoms with Crippen molar-refractivity contribution in [1.82, 2.24) is 5.32 Å². The third-order valence-electron chi connectivity index (χ3n) is 3.65. The van der Waals surface area contributed by atoms with Crippen LogP contribution in [0.1, 0.15) is 27.5 Å². The summed E-state index contributed by atoms with van der Waals surface area (Å²) < 4.78 is 26.2. The van der Waals surface area contributed by atoms with E-state index in [1.54, 1.807) is 6.07 Å². The van der Waals surface area contributed by atoms with Gasteiger partial charge in [-0.1, -0.05) is 6.07 Å². The average molecular weight is 289 g/mol. The van der Waals surface area contributed by atoms with Crippen LogP contribution in [0.3, 0.4) is 0 Å². The lowest BCUT2D eigenvalue weighted by molar-refractivity contribution is 0.0858. The van der Waals surface area contributed by atoms with Crippen molar-refractivity contribution in [2.75, 3.05) is 0 Å². The van der Waals surface area contributed by atoms with Crippen LogP contribution in [-0.2, 0) is 6.42 Å². The molecule has 1 aliphatic carbocycles. The molecule has 21 heavy (non-hydrogen) atoms. The summed E-state index contributed by atoms with van der Waals surface area (Å²) in [5, 5.41) is 12.7. The van der Waals surface area contributed by atoms with Gasteiger partial charge in [0.25, 0.3) is 5.91 Å². The summed E-state index contributed by atoms with van der Waals surface area (Å²) in [6.45, 7) is 0. The maximum atomic E-state index is 13.3. The van der Waals surface area contributed by atoms with Gasteiger partial charge < -0.3 is 10.4 Å². The molecule has 0 aromatic heterocycles. The Hall–Kier alpha value is -2.27. The van der Waals surface area contributed by atoms with E-state index in [-0.39, 0.29) is 5.56 Å². The van der Waals surface area contributed by atoms with E-state index < -0.39 is 29.7 Å². The van der Waals surface area contributed by atoms with E-state index in [0.29, 0.717) is 12.0 Å². The third-order valence-corrected chi connectivity index (χ3v) is 3.65. The topological polar surface area (TPSA) is 49.3 Å². The van der Waals surface area contributed by atoms with E-state index in [9.17, 15) is 18.7 Å². The molecule has 0 spiro atoms. The fraction of sp³-hybridized carbons (Fsp3) is 0.188. The fourth-order valence-electron chi connectivity index (χ4n) is 2.59. The monoisotopic (exact) mass is 289 g/mol. The lowest BCUT2D eigenvalue weighted by Gasteiger charge is -2.18. The molecule has 2 aromatic carbocycles. The van der Waals surface area contributed by atoms with E-state index >= 15 is 0 Å². The third kappa shape index (κ3) is 2.64. The molecule has 0 bridgehead atoms. The minimum Gasteiger partial charge on any atom is -0.390 e. The lowest BCUT2D eigenvalue weighted by Crippen LogP contribution is -2.33. The number of fused-ring (bicyclic) bond motifs is 1. The standard InChI is InChI=1S/C16H13F2NO2/c17-11-4-1-9(2-5-11)16(21)19-15-13-8-12(18)6-3-10(13)7-14(15)20/h1-6,8,14-15,20H,7H2,(H,19,21)/t14-,15+/m0/s1. The van der Waals surface area contributed by atoms with E-state index in [4.69, 9.17) is 0 Å². The molecule has 0 radical (unpaired) electrons. The van der Waals surface area contributed by atoms with Crippen LogP contribution in [0.4, 0.5) is 8.78 Å². The highest BCUT2D eigenvalue weighted by Crippen LogP contribution is 2.32. The zero-order chi connectivity index (χ0) is 15.0. The molecule has 0 saturated heterocycles. The first-order valence-electron chi connectivity index (χ1n) is 6.57. The molecule has 2 N–H and O–H groups in total. The molecule has 0 fully saturated rings. The molecule has 108 valence electrons. The van der Waals surface area contributed by atoms with E-state index in [0.717, 1.165) is 5.56 Å². The van der Waals surface area contributed by atoms with Gasteiger partial charge in [-0.05, 0) is 47.5 Å². The predicted octanol–water partition coefficient (Wildman–Crippen LogP) is 2.35. The molecule has 3 rings (SSSR count). The number of rotatable bonds is 2. The van der Waals surface area contributed by atoms with Crippen molar-refractivity contribution in [1.29, 1.82) is 0 Å². The average Bonchev–Trinajstić information content (AvgIpc) is 2.76. The summed E-state index contributed by atoms with van der Waals surface area (Å²) in [4.78, 5) is 12.1. The Kier molecular flexibility index (Phi) is 3.43. The van der Waals surface area contributed by atoms with Gasteiger partial charge in [0.2, 0.25) is 0 Å². The molecule has 0 heterocycles. The van der Waals surface area contributed by atoms with Gasteiger partial charge in [0.1, 0.15) is 11.6 Å². The molecule has 0 aliphatic heterocycles. The molecule has 2 atom stereocenters. The van der Waals surface area contributed by atoms with Crippen LogP contribution < -0.4 is 5.32 Å². The summed E-state index contributed by atoms with van der Waals surface area (Å²) in [6.07, 6.45) is -0.435. The van der Waals surface area contributed by atoms with Crippen molar-refractivity contribution in [2.24, 2.45) is 0 Å². The van der Waals surface area contributed by atoms with Gasteiger partial charge in [-0.25, -0.2) is 8.78 Å². The zero-order valence-corrected chi connectivity index (χ0v) is 11.0. The van der Waals surface area contributed by atoms with Crippen molar-refractivity contribution in [2.45, 2.75) is 18.6 Å². The van der Waals surface area contributed by atoms with Crippen LogP contribution in [0.2, 0.25) is 0 Å². The molecule has 0 saturated carbocycles. The zero-order valence-electron chi connectivity index (χ0n) is 11.0. The Labute approximate surface area is 120 Å². The molecule has 5 heteroatoms. The van der Waals surface area contributed by atoms with Crippen LogP contribution >= 0.6 is 0 Å². The fourth-order valence-corrected chi connectivity index (χ4v) is 2.59. The van der Waals surface area contributed by atoms with E-state index in [2.05, 4.69) is 5.32 Å². The number of hydrogen-bond donors (Lipinski definition) is 2. The first-order chi connectivity index (χ1) is 10.0. The quantitative estimate of drug-likeness (QED) is 0.891. The Bertz CT molecular complexity index is 685. The minimum atomic E-state index is -0.800. The van der Waals surface area contributed by atoms with Gasteiger partial charge in [0.15, 0.2) is 0 Å². The number of amides is 1. The number of benzene rings is 2. The molecule has 2 aromatic rings. The van der Waals surface area contributed by atoms with Crippen LogP contribution in [0.15, 0.2) is 42.5 Å². The normalized spacial score (nSPS) is 20.1. The van der Waals surface area contributed by atoms with E-state index in [1.807, 2.05) is 0 Å². The Morgan fingerprint density at radius 1 is 1.10 bits per heavy atom. The number of aliphatic hydroxyl groups is 1. The summed E-state index contributed by atoms with van der Waals surface area (Å²) in [7, 11) is 0. The van der Waals surface area contributed by atoms with Crippen molar-refractivity contribution in [3.63, 3.8) is 0 Å². The van der Waals surface area contributed by atoms with Gasteiger partial charge in [-0.15, -0.1) is 0 Å². The number of nitrogens with one attached hydrogen (secondary N) is 1. The summed E-state index contributed by atoms with van der Waals surface area (Å²) in [6, 6.07) is 8.70. The first kappa shape index (κ1) is 13.7. The molecular weight excluding hydrogens is 276 g/mol. The second-order valence-electron chi connectivity index (χ2n) is 5.07. The van der Waals surface area contributed by atoms with Crippen molar-refractivity contribution < 1.29 is 18.7 Å². The second kappa shape index (κ2) is 5.26. The highest BCUT2D eigenvalue weighted by molar-refractivity contribution is 5.94. The van der Waals surface area contributed by atoms with Gasteiger partial charge in [-0.3, -0.25) is 4.79 Å². The number of carbonyl (C=O) groups excluding carboxylic acids is 1. The van der Waals surface area contributed by atoms with Gasteiger partial charge in [-0.2, -0.15) is 0 Å². The largest absolute Gasteiger partial charge is 0.390 e. The van der Waals surface area contributed by atoms with Crippen LogP contribution in [-0.4, -0.2) is 17.1 Å². The minimum absolute atomic E-state index is 0.286. The van der Waals surface area contributed by atoms with Crippen LogP contribution in [0.5, 0.6) is 0 Å². The molecule has 3 nitrogen and oxygen atoms in total. The van der Waals surface area contributed by atoms with Crippen molar-refractivity contribution in [3.05, 3.63) is 70.8 Å².